The second-order valence-electron chi connectivity index (χ2n) is 6.18. The SMILES string of the molecule is COC(=O)c1nc(C)cc(NCC2(C)CCN(C)CC2)n1. The molecule has 1 N–H and O–H groups in total. The Balaban J connectivity index is 2.03. The van der Waals surface area contributed by atoms with Crippen LogP contribution in [-0.4, -0.2) is 54.6 Å². The molecule has 6 nitrogen and oxygen atoms in total. The first-order valence-electron chi connectivity index (χ1n) is 7.28. The Morgan fingerprint density at radius 2 is 2.10 bits per heavy atom. The van der Waals surface area contributed by atoms with E-state index < -0.39 is 5.97 Å². The van der Waals surface area contributed by atoms with Crippen LogP contribution in [-0.2, 0) is 4.74 Å². The predicted octanol–water partition coefficient (Wildman–Crippen LogP) is 1.72. The van der Waals surface area contributed by atoms with E-state index in [2.05, 4.69) is 38.9 Å². The van der Waals surface area contributed by atoms with Crippen LogP contribution in [0.15, 0.2) is 6.07 Å². The van der Waals surface area contributed by atoms with Crippen molar-refractivity contribution < 1.29 is 9.53 Å². The second-order valence-corrected chi connectivity index (χ2v) is 6.18. The molecule has 1 fully saturated rings. The number of nitrogens with one attached hydrogen (secondary N) is 1. The van der Waals surface area contributed by atoms with Crippen LogP contribution in [0.2, 0.25) is 0 Å². The van der Waals surface area contributed by atoms with Crippen molar-refractivity contribution in [1.82, 2.24) is 14.9 Å². The highest BCUT2D eigenvalue weighted by Crippen LogP contribution is 2.30. The number of likely N-dealkylation sites (tertiary alicyclic amines) is 1. The maximum absolute atomic E-state index is 11.5. The second kappa shape index (κ2) is 6.39. The van der Waals surface area contributed by atoms with Crippen molar-refractivity contribution in [3.05, 3.63) is 17.6 Å². The van der Waals surface area contributed by atoms with Crippen molar-refractivity contribution in [3.8, 4) is 0 Å². The first-order valence-corrected chi connectivity index (χ1v) is 7.28. The molecule has 0 unspecified atom stereocenters. The number of rotatable bonds is 4. The summed E-state index contributed by atoms with van der Waals surface area (Å²) in [5, 5.41) is 3.35. The number of hydrogen-bond acceptors (Lipinski definition) is 6. The molecule has 6 heteroatoms. The largest absolute Gasteiger partial charge is 0.463 e. The number of esters is 1. The lowest BCUT2D eigenvalue weighted by molar-refractivity contribution is 0.0586. The highest BCUT2D eigenvalue weighted by Gasteiger charge is 2.28. The molecular weight excluding hydrogens is 268 g/mol. The summed E-state index contributed by atoms with van der Waals surface area (Å²) in [4.78, 5) is 22.2. The van der Waals surface area contributed by atoms with Gasteiger partial charge in [0.25, 0.3) is 0 Å². The molecule has 0 spiro atoms. The maximum Gasteiger partial charge on any atom is 0.376 e. The van der Waals surface area contributed by atoms with Gasteiger partial charge in [-0.2, -0.15) is 0 Å². The first-order chi connectivity index (χ1) is 9.92. The van der Waals surface area contributed by atoms with Crippen molar-refractivity contribution in [1.29, 1.82) is 0 Å². The minimum Gasteiger partial charge on any atom is -0.463 e. The van der Waals surface area contributed by atoms with Gasteiger partial charge in [-0.3, -0.25) is 0 Å². The summed E-state index contributed by atoms with van der Waals surface area (Å²) >= 11 is 0. The normalized spacial score (nSPS) is 18.3. The van der Waals surface area contributed by atoms with E-state index in [9.17, 15) is 4.79 Å². The van der Waals surface area contributed by atoms with Crippen molar-refractivity contribution in [2.24, 2.45) is 5.41 Å². The molecule has 0 amide bonds. The Labute approximate surface area is 125 Å². The fraction of sp³-hybridized carbons (Fsp3) is 0.667. The third-order valence-corrected chi connectivity index (χ3v) is 4.11. The van der Waals surface area contributed by atoms with Gasteiger partial charge in [0.15, 0.2) is 0 Å². The van der Waals surface area contributed by atoms with E-state index in [4.69, 9.17) is 0 Å². The van der Waals surface area contributed by atoms with Crippen LogP contribution in [0.3, 0.4) is 0 Å². The number of aromatic nitrogens is 2. The predicted molar refractivity (Wildman–Crippen MR) is 81.4 cm³/mol. The summed E-state index contributed by atoms with van der Waals surface area (Å²) in [6.07, 6.45) is 2.31. The van der Waals surface area contributed by atoms with Gasteiger partial charge in [-0.05, 0) is 45.3 Å². The number of carbonyl (C=O) groups excluding carboxylic acids is 1. The standard InChI is InChI=1S/C15H24N4O2/c1-11-9-12(18-13(17-11)14(20)21-4)16-10-15(2)5-7-19(3)8-6-15/h9H,5-8,10H2,1-4H3,(H,16,17,18). The van der Waals surface area contributed by atoms with E-state index >= 15 is 0 Å². The zero-order valence-corrected chi connectivity index (χ0v) is 13.3. The van der Waals surface area contributed by atoms with Gasteiger partial charge in [0.05, 0.1) is 7.11 Å². The third kappa shape index (κ3) is 4.14. The molecule has 1 aliphatic rings. The van der Waals surface area contributed by atoms with E-state index in [0.29, 0.717) is 5.82 Å². The third-order valence-electron chi connectivity index (χ3n) is 4.11. The Morgan fingerprint density at radius 1 is 1.43 bits per heavy atom. The van der Waals surface area contributed by atoms with Gasteiger partial charge >= 0.3 is 5.97 Å². The molecular formula is C15H24N4O2. The molecule has 0 atom stereocenters. The molecule has 2 rings (SSSR count). The van der Waals surface area contributed by atoms with Gasteiger partial charge in [-0.1, -0.05) is 6.92 Å². The smallest absolute Gasteiger partial charge is 0.376 e. The Morgan fingerprint density at radius 3 is 2.71 bits per heavy atom. The number of carbonyl (C=O) groups is 1. The lowest BCUT2D eigenvalue weighted by atomic mass is 9.80. The summed E-state index contributed by atoms with van der Waals surface area (Å²) in [6.45, 7) is 7.22. The molecule has 1 saturated heterocycles. The summed E-state index contributed by atoms with van der Waals surface area (Å²) in [5.41, 5.74) is 1.01. The van der Waals surface area contributed by atoms with Crippen LogP contribution in [0.4, 0.5) is 5.82 Å². The molecule has 0 radical (unpaired) electrons. The Bertz CT molecular complexity index is 510. The van der Waals surface area contributed by atoms with E-state index in [1.165, 1.54) is 7.11 Å². The average Bonchev–Trinajstić information content (AvgIpc) is 2.47. The van der Waals surface area contributed by atoms with Crippen molar-refractivity contribution in [2.45, 2.75) is 26.7 Å². The van der Waals surface area contributed by atoms with Crippen LogP contribution in [0.1, 0.15) is 36.1 Å². The molecule has 2 heterocycles. The maximum atomic E-state index is 11.5. The van der Waals surface area contributed by atoms with Crippen LogP contribution in [0.25, 0.3) is 0 Å². The minimum absolute atomic E-state index is 0.105. The summed E-state index contributed by atoms with van der Waals surface area (Å²) in [5.74, 6) is 0.281. The molecule has 21 heavy (non-hydrogen) atoms. The van der Waals surface area contributed by atoms with E-state index in [0.717, 1.165) is 38.2 Å². The minimum atomic E-state index is -0.507. The number of hydrogen-bond donors (Lipinski definition) is 1. The monoisotopic (exact) mass is 292 g/mol. The first kappa shape index (κ1) is 15.7. The molecule has 0 bridgehead atoms. The quantitative estimate of drug-likeness (QED) is 0.852. The summed E-state index contributed by atoms with van der Waals surface area (Å²) in [6, 6.07) is 1.85. The molecule has 0 saturated carbocycles. The number of aryl methyl sites for hydroxylation is 1. The van der Waals surface area contributed by atoms with E-state index in [1.54, 1.807) is 0 Å². The van der Waals surface area contributed by atoms with Crippen LogP contribution < -0.4 is 5.32 Å². The zero-order valence-electron chi connectivity index (χ0n) is 13.3. The van der Waals surface area contributed by atoms with Gasteiger partial charge < -0.3 is 15.0 Å². The van der Waals surface area contributed by atoms with E-state index in [1.807, 2.05) is 13.0 Å². The topological polar surface area (TPSA) is 67.3 Å². The van der Waals surface area contributed by atoms with Crippen molar-refractivity contribution in [3.63, 3.8) is 0 Å². The number of piperidine rings is 1. The van der Waals surface area contributed by atoms with Crippen LogP contribution in [0, 0.1) is 12.3 Å². The van der Waals surface area contributed by atoms with Crippen molar-refractivity contribution >= 4 is 11.8 Å². The van der Waals surface area contributed by atoms with Gasteiger partial charge in [0.2, 0.25) is 5.82 Å². The van der Waals surface area contributed by atoms with Gasteiger partial charge in [-0.15, -0.1) is 0 Å². The fourth-order valence-electron chi connectivity index (χ4n) is 2.48. The summed E-state index contributed by atoms with van der Waals surface area (Å²) in [7, 11) is 3.49. The van der Waals surface area contributed by atoms with E-state index in [-0.39, 0.29) is 11.2 Å². The summed E-state index contributed by atoms with van der Waals surface area (Å²) < 4.78 is 4.68. The van der Waals surface area contributed by atoms with Gasteiger partial charge in [0, 0.05) is 18.3 Å². The number of ether oxygens (including phenoxy) is 1. The lowest BCUT2D eigenvalue weighted by Gasteiger charge is -2.38. The highest BCUT2D eigenvalue weighted by molar-refractivity contribution is 5.85. The Hall–Kier alpha value is -1.69. The fourth-order valence-corrected chi connectivity index (χ4v) is 2.48. The highest BCUT2D eigenvalue weighted by atomic mass is 16.5. The average molecular weight is 292 g/mol. The number of anilines is 1. The molecule has 0 aromatic carbocycles. The van der Waals surface area contributed by atoms with Crippen molar-refractivity contribution in [2.75, 3.05) is 39.1 Å². The number of nitrogens with zero attached hydrogens (tertiary/aromatic N) is 3. The van der Waals surface area contributed by atoms with Gasteiger partial charge in [-0.25, -0.2) is 14.8 Å². The van der Waals surface area contributed by atoms with Crippen LogP contribution in [0.5, 0.6) is 0 Å². The molecule has 0 aliphatic carbocycles. The Kier molecular flexibility index (Phi) is 4.77. The lowest BCUT2D eigenvalue weighted by Crippen LogP contribution is -2.40. The zero-order chi connectivity index (χ0) is 15.5. The molecule has 1 aliphatic heterocycles. The molecule has 1 aromatic rings. The number of methoxy groups -OCH3 is 1. The van der Waals surface area contributed by atoms with Crippen LogP contribution >= 0.6 is 0 Å². The molecule has 116 valence electrons. The molecule has 1 aromatic heterocycles. The van der Waals surface area contributed by atoms with Gasteiger partial charge in [0.1, 0.15) is 5.82 Å².